The molecule has 0 bridgehead atoms. The summed E-state index contributed by atoms with van der Waals surface area (Å²) in [6.45, 7) is 3.87. The molecule has 1 aromatic rings. The zero-order chi connectivity index (χ0) is 13.2. The molecular formula is C13H19NO3. The molecule has 0 saturated carbocycles. The van der Waals surface area contributed by atoms with Crippen molar-refractivity contribution in [3.63, 3.8) is 0 Å². The maximum atomic E-state index is 11.3. The Kier molecular flexibility index (Phi) is 4.12. The van der Waals surface area contributed by atoms with E-state index in [-0.39, 0.29) is 0 Å². The Hall–Kier alpha value is -1.55. The van der Waals surface area contributed by atoms with E-state index >= 15 is 0 Å². The second-order valence-electron chi connectivity index (χ2n) is 4.40. The molecule has 1 atom stereocenters. The van der Waals surface area contributed by atoms with Gasteiger partial charge >= 0.3 is 5.97 Å². The van der Waals surface area contributed by atoms with Gasteiger partial charge in [-0.05, 0) is 45.1 Å². The molecule has 0 spiro atoms. The van der Waals surface area contributed by atoms with Crippen molar-refractivity contribution in [2.45, 2.75) is 19.9 Å². The summed E-state index contributed by atoms with van der Waals surface area (Å²) in [5.41, 5.74) is 2.71. The lowest BCUT2D eigenvalue weighted by atomic mass is 9.97. The van der Waals surface area contributed by atoms with Crippen molar-refractivity contribution < 1.29 is 14.6 Å². The topological polar surface area (TPSA) is 49.8 Å². The molecule has 4 nitrogen and oxygen atoms in total. The van der Waals surface area contributed by atoms with Crippen LogP contribution >= 0.6 is 0 Å². The minimum absolute atomic E-state index is 0.628. The van der Waals surface area contributed by atoms with Crippen molar-refractivity contribution in [1.29, 1.82) is 0 Å². The average Bonchev–Trinajstić information content (AvgIpc) is 2.20. The quantitative estimate of drug-likeness (QED) is 0.870. The van der Waals surface area contributed by atoms with E-state index in [4.69, 9.17) is 4.74 Å². The smallest absolute Gasteiger partial charge is 0.325 e. The van der Waals surface area contributed by atoms with Gasteiger partial charge in [0.2, 0.25) is 0 Å². The Bertz CT molecular complexity index is 427. The number of rotatable bonds is 4. The number of aliphatic carboxylic acids is 1. The largest absolute Gasteiger partial charge is 0.496 e. The first kappa shape index (κ1) is 13.5. The van der Waals surface area contributed by atoms with Crippen LogP contribution in [0.25, 0.3) is 0 Å². The highest BCUT2D eigenvalue weighted by Crippen LogP contribution is 2.32. The van der Waals surface area contributed by atoms with Crippen LogP contribution in [0.3, 0.4) is 0 Å². The molecule has 1 unspecified atom stereocenters. The Morgan fingerprint density at radius 2 is 1.94 bits per heavy atom. The summed E-state index contributed by atoms with van der Waals surface area (Å²) < 4.78 is 5.30. The highest BCUT2D eigenvalue weighted by molar-refractivity contribution is 5.77. The number of carboxylic acid groups (broad SMARTS) is 1. The summed E-state index contributed by atoms with van der Waals surface area (Å²) in [5.74, 6) is -0.246. The fourth-order valence-electron chi connectivity index (χ4n) is 2.06. The van der Waals surface area contributed by atoms with Crippen molar-refractivity contribution in [1.82, 2.24) is 4.90 Å². The first-order valence-electron chi connectivity index (χ1n) is 5.42. The number of likely N-dealkylation sites (N-methyl/N-ethyl adjacent to an activating group) is 1. The summed E-state index contributed by atoms with van der Waals surface area (Å²) in [6.07, 6.45) is 0. The third kappa shape index (κ3) is 2.77. The number of hydrogen-bond donors (Lipinski definition) is 1. The third-order valence-electron chi connectivity index (χ3n) is 2.74. The van der Waals surface area contributed by atoms with Crippen LogP contribution in [0.4, 0.5) is 0 Å². The molecule has 0 aromatic heterocycles. The highest BCUT2D eigenvalue weighted by atomic mass is 16.5. The van der Waals surface area contributed by atoms with E-state index in [1.807, 2.05) is 26.0 Å². The van der Waals surface area contributed by atoms with Crippen molar-refractivity contribution in [3.05, 3.63) is 28.8 Å². The number of nitrogens with zero attached hydrogens (tertiary/aromatic N) is 1. The van der Waals surface area contributed by atoms with Gasteiger partial charge in [-0.15, -0.1) is 0 Å². The Morgan fingerprint density at radius 1 is 1.35 bits per heavy atom. The fraction of sp³-hybridized carbons (Fsp3) is 0.462. The summed E-state index contributed by atoms with van der Waals surface area (Å²) in [6, 6.07) is 3.14. The first-order chi connectivity index (χ1) is 7.88. The highest BCUT2D eigenvalue weighted by Gasteiger charge is 2.27. The Labute approximate surface area is 102 Å². The van der Waals surface area contributed by atoms with Gasteiger partial charge in [-0.3, -0.25) is 9.69 Å². The second-order valence-corrected chi connectivity index (χ2v) is 4.40. The van der Waals surface area contributed by atoms with Crippen LogP contribution in [0, 0.1) is 13.8 Å². The lowest BCUT2D eigenvalue weighted by Crippen LogP contribution is -2.28. The number of benzene rings is 1. The molecule has 0 saturated heterocycles. The van der Waals surface area contributed by atoms with Gasteiger partial charge in [-0.2, -0.15) is 0 Å². The SMILES string of the molecule is COc1cc(C)cc(C)c1C(C(=O)O)N(C)C. The van der Waals surface area contributed by atoms with E-state index < -0.39 is 12.0 Å². The lowest BCUT2D eigenvalue weighted by molar-refractivity contribution is -0.142. The van der Waals surface area contributed by atoms with Crippen molar-refractivity contribution in [2.24, 2.45) is 0 Å². The number of hydrogen-bond acceptors (Lipinski definition) is 3. The van der Waals surface area contributed by atoms with Crippen molar-refractivity contribution in [3.8, 4) is 5.75 Å². The van der Waals surface area contributed by atoms with Gasteiger partial charge in [0.05, 0.1) is 7.11 Å². The normalized spacial score (nSPS) is 12.6. The molecule has 17 heavy (non-hydrogen) atoms. The van der Waals surface area contributed by atoms with Crippen LogP contribution in [-0.4, -0.2) is 37.2 Å². The van der Waals surface area contributed by atoms with Gasteiger partial charge in [0.25, 0.3) is 0 Å². The first-order valence-corrected chi connectivity index (χ1v) is 5.42. The molecule has 0 radical (unpaired) electrons. The van der Waals surface area contributed by atoms with Crippen LogP contribution in [0.15, 0.2) is 12.1 Å². The molecule has 94 valence electrons. The predicted molar refractivity (Wildman–Crippen MR) is 66.5 cm³/mol. The molecular weight excluding hydrogens is 218 g/mol. The lowest BCUT2D eigenvalue weighted by Gasteiger charge is -2.24. The van der Waals surface area contributed by atoms with Crippen LogP contribution in [-0.2, 0) is 4.79 Å². The minimum atomic E-state index is -0.875. The van der Waals surface area contributed by atoms with E-state index in [2.05, 4.69) is 0 Å². The molecule has 0 amide bonds. The molecule has 0 aliphatic rings. The van der Waals surface area contributed by atoms with Gasteiger partial charge < -0.3 is 9.84 Å². The molecule has 0 aliphatic heterocycles. The average molecular weight is 237 g/mol. The number of carboxylic acids is 1. The van der Waals surface area contributed by atoms with E-state index in [1.54, 1.807) is 26.1 Å². The minimum Gasteiger partial charge on any atom is -0.496 e. The van der Waals surface area contributed by atoms with Gasteiger partial charge in [0.15, 0.2) is 0 Å². The molecule has 1 rings (SSSR count). The summed E-state index contributed by atoms with van der Waals surface area (Å²) in [4.78, 5) is 13.0. The van der Waals surface area contributed by atoms with Crippen molar-refractivity contribution >= 4 is 5.97 Å². The molecule has 1 aromatic carbocycles. The van der Waals surface area contributed by atoms with Gasteiger partial charge in [-0.25, -0.2) is 0 Å². The van der Waals surface area contributed by atoms with Crippen LogP contribution in [0.2, 0.25) is 0 Å². The van der Waals surface area contributed by atoms with Crippen LogP contribution < -0.4 is 4.74 Å². The zero-order valence-electron chi connectivity index (χ0n) is 10.9. The van der Waals surface area contributed by atoms with Crippen LogP contribution in [0.5, 0.6) is 5.75 Å². The summed E-state index contributed by atoms with van der Waals surface area (Å²) >= 11 is 0. The third-order valence-corrected chi connectivity index (χ3v) is 2.74. The molecule has 1 N–H and O–H groups in total. The number of aryl methyl sites for hydroxylation is 2. The number of carbonyl (C=O) groups is 1. The molecule has 0 heterocycles. The molecule has 0 aliphatic carbocycles. The van der Waals surface area contributed by atoms with E-state index in [0.717, 1.165) is 16.7 Å². The van der Waals surface area contributed by atoms with Crippen LogP contribution in [0.1, 0.15) is 22.7 Å². The maximum absolute atomic E-state index is 11.3. The summed E-state index contributed by atoms with van der Waals surface area (Å²) in [5, 5.41) is 9.31. The standard InChI is InChI=1S/C13H19NO3/c1-8-6-9(2)11(10(7-8)17-5)12(13(15)16)14(3)4/h6-7,12H,1-5H3,(H,15,16). The molecule has 4 heteroatoms. The Balaban J connectivity index is 3.41. The van der Waals surface area contributed by atoms with Crippen molar-refractivity contribution in [2.75, 3.05) is 21.2 Å². The summed E-state index contributed by atoms with van der Waals surface area (Å²) in [7, 11) is 5.06. The molecule has 0 fully saturated rings. The van der Waals surface area contributed by atoms with Gasteiger partial charge in [0, 0.05) is 5.56 Å². The van der Waals surface area contributed by atoms with E-state index in [1.165, 1.54) is 0 Å². The second kappa shape index (κ2) is 5.19. The number of ether oxygens (including phenoxy) is 1. The maximum Gasteiger partial charge on any atom is 0.325 e. The monoisotopic (exact) mass is 237 g/mol. The van der Waals surface area contributed by atoms with E-state index in [9.17, 15) is 9.90 Å². The predicted octanol–water partition coefficient (Wildman–Crippen LogP) is 2.00. The zero-order valence-corrected chi connectivity index (χ0v) is 10.9. The fourth-order valence-corrected chi connectivity index (χ4v) is 2.06. The van der Waals surface area contributed by atoms with Gasteiger partial charge in [-0.1, -0.05) is 6.07 Å². The van der Waals surface area contributed by atoms with E-state index in [0.29, 0.717) is 5.75 Å². The Morgan fingerprint density at radius 3 is 2.35 bits per heavy atom. The van der Waals surface area contributed by atoms with Gasteiger partial charge in [0.1, 0.15) is 11.8 Å². The number of methoxy groups -OCH3 is 1.